The van der Waals surface area contributed by atoms with Gasteiger partial charge in [0, 0.05) is 31.1 Å². The third-order valence-electron chi connectivity index (χ3n) is 7.06. The van der Waals surface area contributed by atoms with E-state index in [2.05, 4.69) is 62.6 Å². The van der Waals surface area contributed by atoms with E-state index in [0.717, 1.165) is 30.0 Å². The zero-order valence-corrected chi connectivity index (χ0v) is 15.4. The van der Waals surface area contributed by atoms with Crippen LogP contribution in [-0.2, 0) is 6.54 Å². The summed E-state index contributed by atoms with van der Waals surface area (Å²) in [5.74, 6) is 1.41. The topological polar surface area (TPSA) is 45.4 Å². The third-order valence-corrected chi connectivity index (χ3v) is 7.06. The molecule has 27 heavy (non-hydrogen) atoms. The molecule has 0 N–H and O–H groups in total. The summed E-state index contributed by atoms with van der Waals surface area (Å²) in [7, 11) is 0. The van der Waals surface area contributed by atoms with Gasteiger partial charge in [0.1, 0.15) is 11.0 Å². The van der Waals surface area contributed by atoms with Crippen molar-refractivity contribution in [2.24, 2.45) is 5.92 Å². The summed E-state index contributed by atoms with van der Waals surface area (Å²) in [6, 6.07) is 18.6. The van der Waals surface area contributed by atoms with Crippen LogP contribution >= 0.6 is 0 Å². The predicted octanol–water partition coefficient (Wildman–Crippen LogP) is 3.29. The van der Waals surface area contributed by atoms with Gasteiger partial charge in [-0.2, -0.15) is 0 Å². The number of fused-ring (bicyclic) bond motifs is 3. The molecule has 7 rings (SSSR count). The fourth-order valence-corrected chi connectivity index (χ4v) is 5.92. The molecule has 0 spiro atoms. The second-order valence-electron chi connectivity index (χ2n) is 8.35. The lowest BCUT2D eigenvalue weighted by atomic mass is 9.75. The van der Waals surface area contributed by atoms with Gasteiger partial charge < -0.3 is 0 Å². The Balaban J connectivity index is 1.38. The highest BCUT2D eigenvalue weighted by Crippen LogP contribution is 2.47. The minimum absolute atomic E-state index is 0.592. The molecule has 5 nitrogen and oxygen atoms in total. The minimum atomic E-state index is 0.592. The number of nitrogens with zero attached hydrogens (tertiary/aromatic N) is 4. The molecule has 5 heterocycles. The Morgan fingerprint density at radius 3 is 2.63 bits per heavy atom. The van der Waals surface area contributed by atoms with Crippen molar-refractivity contribution in [1.82, 2.24) is 20.1 Å². The molecule has 0 radical (unpaired) electrons. The van der Waals surface area contributed by atoms with E-state index in [1.54, 1.807) is 0 Å². The molecule has 4 saturated heterocycles. The highest BCUT2D eigenvalue weighted by atomic mass is 16.6. The molecule has 4 aliphatic rings. The van der Waals surface area contributed by atoms with Gasteiger partial charge in [-0.25, -0.2) is 4.63 Å². The largest absolute Gasteiger partial charge is 0.298 e. The molecule has 5 heteroatoms. The minimum Gasteiger partial charge on any atom is -0.298 e. The first kappa shape index (κ1) is 15.8. The van der Waals surface area contributed by atoms with E-state index in [9.17, 15) is 0 Å². The lowest BCUT2D eigenvalue weighted by Crippen LogP contribution is -2.59. The molecule has 3 atom stereocenters. The average molecular weight is 360 g/mol. The van der Waals surface area contributed by atoms with Crippen molar-refractivity contribution in [3.8, 4) is 0 Å². The second kappa shape index (κ2) is 6.14. The molecule has 4 fully saturated rings. The molecule has 0 amide bonds. The molecule has 4 aliphatic heterocycles. The molecule has 0 unspecified atom stereocenters. The fourth-order valence-electron chi connectivity index (χ4n) is 5.92. The van der Waals surface area contributed by atoms with Gasteiger partial charge >= 0.3 is 0 Å². The van der Waals surface area contributed by atoms with Crippen molar-refractivity contribution in [1.29, 1.82) is 0 Å². The Hall–Kier alpha value is -2.24. The number of piperidine rings is 3. The van der Waals surface area contributed by atoms with Crippen LogP contribution in [0.15, 0.2) is 53.2 Å². The maximum atomic E-state index is 4.99. The number of hydrogen-bond donors (Lipinski definition) is 0. The summed E-state index contributed by atoms with van der Waals surface area (Å²) in [5.41, 5.74) is 4.50. The van der Waals surface area contributed by atoms with E-state index in [1.807, 2.05) is 6.07 Å². The van der Waals surface area contributed by atoms with Gasteiger partial charge in [0.05, 0.1) is 0 Å². The number of rotatable bonds is 3. The summed E-state index contributed by atoms with van der Waals surface area (Å²) in [6.45, 7) is 4.59. The molecule has 2 aromatic carbocycles. The fraction of sp³-hybridized carbons (Fsp3) is 0.455. The van der Waals surface area contributed by atoms with Gasteiger partial charge in [-0.1, -0.05) is 42.5 Å². The summed E-state index contributed by atoms with van der Waals surface area (Å²) in [4.78, 5) is 5.49. The predicted molar refractivity (Wildman–Crippen MR) is 103 cm³/mol. The highest BCUT2D eigenvalue weighted by Gasteiger charge is 2.53. The van der Waals surface area contributed by atoms with Crippen LogP contribution < -0.4 is 0 Å². The number of hydrogen-bond acceptors (Lipinski definition) is 5. The SMILES string of the molecule is c1ccc([C@@H]2CN(Cc3cccc4nonc34)[C@@H]3C4CCN(CC4)[C@@H]32)cc1. The quantitative estimate of drug-likeness (QED) is 0.717. The summed E-state index contributed by atoms with van der Waals surface area (Å²) < 4.78 is 4.99. The van der Waals surface area contributed by atoms with Crippen LogP contribution in [0.3, 0.4) is 0 Å². The molecule has 0 aliphatic carbocycles. The maximum Gasteiger partial charge on any atom is 0.139 e. The lowest BCUT2D eigenvalue weighted by molar-refractivity contribution is -0.00861. The number of benzene rings is 2. The summed E-state index contributed by atoms with van der Waals surface area (Å²) in [6.07, 6.45) is 2.68. The molecule has 0 saturated carbocycles. The monoisotopic (exact) mass is 360 g/mol. The van der Waals surface area contributed by atoms with Gasteiger partial charge in [0.2, 0.25) is 0 Å². The van der Waals surface area contributed by atoms with Gasteiger partial charge in [-0.3, -0.25) is 9.80 Å². The molecule has 1 aromatic heterocycles. The van der Waals surface area contributed by atoms with Gasteiger partial charge in [-0.15, -0.1) is 0 Å². The molecule has 2 bridgehead atoms. The van der Waals surface area contributed by atoms with Crippen LogP contribution in [0.5, 0.6) is 0 Å². The van der Waals surface area contributed by atoms with E-state index in [1.165, 1.54) is 37.1 Å². The average Bonchev–Trinajstić information content (AvgIpc) is 3.36. The zero-order chi connectivity index (χ0) is 17.8. The Labute approximate surface area is 158 Å². The van der Waals surface area contributed by atoms with Crippen molar-refractivity contribution in [3.05, 3.63) is 59.7 Å². The normalized spacial score (nSPS) is 32.8. The van der Waals surface area contributed by atoms with Gasteiger partial charge in [-0.05, 0) is 59.4 Å². The van der Waals surface area contributed by atoms with E-state index in [-0.39, 0.29) is 0 Å². The second-order valence-corrected chi connectivity index (χ2v) is 8.35. The first-order valence-electron chi connectivity index (χ1n) is 10.1. The first-order chi connectivity index (χ1) is 13.4. The van der Waals surface area contributed by atoms with E-state index in [4.69, 9.17) is 4.63 Å². The molecular formula is C22H24N4O. The number of aromatic nitrogens is 2. The molecular weight excluding hydrogens is 336 g/mol. The Kier molecular flexibility index (Phi) is 3.59. The van der Waals surface area contributed by atoms with Gasteiger partial charge in [0.25, 0.3) is 0 Å². The van der Waals surface area contributed by atoms with E-state index in [0.29, 0.717) is 18.0 Å². The van der Waals surface area contributed by atoms with E-state index < -0.39 is 0 Å². The summed E-state index contributed by atoms with van der Waals surface area (Å²) in [5, 5.41) is 8.19. The van der Waals surface area contributed by atoms with Crippen molar-refractivity contribution in [3.63, 3.8) is 0 Å². The van der Waals surface area contributed by atoms with Gasteiger partial charge in [0.15, 0.2) is 0 Å². The summed E-state index contributed by atoms with van der Waals surface area (Å²) >= 11 is 0. The standard InChI is InChI=1S/C22H24N4O/c1-2-5-15(6-3-1)18-14-26(21-16-9-11-25(12-10-16)22(18)21)13-17-7-4-8-19-20(17)24-27-23-19/h1-8,16,18,21-22H,9-14H2/t18-,21+,22+/m0/s1. The Morgan fingerprint density at radius 1 is 0.926 bits per heavy atom. The van der Waals surface area contributed by atoms with Crippen LogP contribution in [0.1, 0.15) is 29.9 Å². The zero-order valence-electron chi connectivity index (χ0n) is 15.4. The van der Waals surface area contributed by atoms with Crippen molar-refractivity contribution < 1.29 is 4.63 Å². The van der Waals surface area contributed by atoms with Crippen molar-refractivity contribution >= 4 is 11.0 Å². The highest BCUT2D eigenvalue weighted by molar-refractivity contribution is 5.76. The van der Waals surface area contributed by atoms with Crippen LogP contribution in [-0.4, -0.2) is 51.8 Å². The molecule has 3 aromatic rings. The van der Waals surface area contributed by atoms with Crippen molar-refractivity contribution in [2.45, 2.75) is 37.4 Å². The maximum absolute atomic E-state index is 4.99. The number of likely N-dealkylation sites (tertiary alicyclic amines) is 1. The first-order valence-corrected chi connectivity index (χ1v) is 10.1. The van der Waals surface area contributed by atoms with E-state index >= 15 is 0 Å². The smallest absolute Gasteiger partial charge is 0.139 e. The third kappa shape index (κ3) is 2.45. The van der Waals surface area contributed by atoms with Crippen LogP contribution in [0.4, 0.5) is 0 Å². The Bertz CT molecular complexity index is 947. The van der Waals surface area contributed by atoms with Crippen LogP contribution in [0.2, 0.25) is 0 Å². The van der Waals surface area contributed by atoms with Crippen molar-refractivity contribution in [2.75, 3.05) is 19.6 Å². The Morgan fingerprint density at radius 2 is 1.78 bits per heavy atom. The van der Waals surface area contributed by atoms with Crippen LogP contribution in [0.25, 0.3) is 11.0 Å². The van der Waals surface area contributed by atoms with Crippen LogP contribution in [0, 0.1) is 5.92 Å². The lowest BCUT2D eigenvalue weighted by Gasteiger charge is -2.51. The molecule has 138 valence electrons.